The summed E-state index contributed by atoms with van der Waals surface area (Å²) in [5.41, 5.74) is 0. The molecule has 0 aliphatic heterocycles. The average molecular weight is 87.1 g/mol. The van der Waals surface area contributed by atoms with Crippen molar-refractivity contribution in [2.75, 3.05) is 13.6 Å². The molecule has 0 aromatic rings. The fourth-order valence-electron chi connectivity index (χ4n) is 0.144. The molecule has 0 heterocycles. The zero-order valence-electron chi connectivity index (χ0n) is 3.81. The normalized spacial score (nSPS) is 9.17. The van der Waals surface area contributed by atoms with E-state index in [4.69, 9.17) is 11.3 Å². The van der Waals surface area contributed by atoms with Crippen LogP contribution < -0.4 is 5.84 Å². The zero-order valence-corrected chi connectivity index (χ0v) is 3.81. The largest absolute Gasteiger partial charge is 0.312 e. The van der Waals surface area contributed by atoms with E-state index in [1.54, 1.807) is 7.05 Å². The topological polar surface area (TPSA) is 53.1 Å². The molecule has 0 unspecified atom stereocenters. The summed E-state index contributed by atoms with van der Waals surface area (Å²) in [4.78, 5) is 0. The minimum atomic E-state index is 0.528. The Labute approximate surface area is 37.2 Å². The first kappa shape index (κ1) is 5.59. The van der Waals surface area contributed by atoms with Crippen molar-refractivity contribution in [3.8, 4) is 0 Å². The molecular formula is C3H9N3. The number of nitrogens with zero attached hydrogens (tertiary/aromatic N) is 1. The lowest BCUT2D eigenvalue weighted by atomic mass is 10.7. The van der Waals surface area contributed by atoms with Gasteiger partial charge in [-0.3, -0.25) is 5.84 Å². The number of hydrogen-bond acceptors (Lipinski definition) is 3. The second-order valence-electron chi connectivity index (χ2n) is 1.14. The van der Waals surface area contributed by atoms with Crippen LogP contribution in [-0.4, -0.2) is 24.8 Å². The van der Waals surface area contributed by atoms with Crippen LogP contribution in [-0.2, 0) is 0 Å². The molecule has 0 spiro atoms. The van der Waals surface area contributed by atoms with Gasteiger partial charge in [0.1, 0.15) is 0 Å². The van der Waals surface area contributed by atoms with Crippen molar-refractivity contribution in [1.82, 2.24) is 5.01 Å². The number of rotatable bonds is 2. The fraction of sp³-hybridized carbons (Fsp3) is 0.667. The van der Waals surface area contributed by atoms with Crippen molar-refractivity contribution in [2.45, 2.75) is 0 Å². The first-order valence-corrected chi connectivity index (χ1v) is 1.72. The van der Waals surface area contributed by atoms with Crippen LogP contribution in [0.3, 0.4) is 0 Å². The van der Waals surface area contributed by atoms with E-state index in [1.165, 1.54) is 11.2 Å². The van der Waals surface area contributed by atoms with Gasteiger partial charge in [-0.2, -0.15) is 0 Å². The Kier molecular flexibility index (Phi) is 2.62. The highest BCUT2D eigenvalue weighted by atomic mass is 15.4. The molecular weight excluding hydrogens is 78.1 g/mol. The van der Waals surface area contributed by atoms with Crippen LogP contribution >= 0.6 is 0 Å². The van der Waals surface area contributed by atoms with Crippen LogP contribution in [0, 0.1) is 5.41 Å². The quantitative estimate of drug-likeness (QED) is 0.269. The van der Waals surface area contributed by atoms with Crippen molar-refractivity contribution in [3.63, 3.8) is 0 Å². The summed E-state index contributed by atoms with van der Waals surface area (Å²) in [6.07, 6.45) is 1.25. The van der Waals surface area contributed by atoms with Crippen molar-refractivity contribution in [2.24, 2.45) is 5.84 Å². The van der Waals surface area contributed by atoms with Crippen molar-refractivity contribution in [3.05, 3.63) is 0 Å². The Morgan fingerprint density at radius 2 is 2.50 bits per heavy atom. The maximum atomic E-state index is 6.49. The first-order valence-electron chi connectivity index (χ1n) is 1.72. The van der Waals surface area contributed by atoms with E-state index in [9.17, 15) is 0 Å². The lowest BCUT2D eigenvalue weighted by Crippen LogP contribution is -2.27. The van der Waals surface area contributed by atoms with E-state index in [0.717, 1.165) is 0 Å². The minimum absolute atomic E-state index is 0.528. The molecule has 0 saturated carbocycles. The van der Waals surface area contributed by atoms with Gasteiger partial charge in [0.2, 0.25) is 0 Å². The molecule has 0 radical (unpaired) electrons. The van der Waals surface area contributed by atoms with Gasteiger partial charge in [-0.1, -0.05) is 0 Å². The Balaban J connectivity index is 2.81. The van der Waals surface area contributed by atoms with E-state index >= 15 is 0 Å². The summed E-state index contributed by atoms with van der Waals surface area (Å²) >= 11 is 0. The van der Waals surface area contributed by atoms with Crippen LogP contribution in [0.15, 0.2) is 0 Å². The van der Waals surface area contributed by atoms with Gasteiger partial charge in [0.15, 0.2) is 0 Å². The van der Waals surface area contributed by atoms with Gasteiger partial charge in [0, 0.05) is 19.8 Å². The SMILES string of the molecule is CN(N)CC=N. The van der Waals surface area contributed by atoms with Gasteiger partial charge in [0.05, 0.1) is 0 Å². The molecule has 0 aromatic carbocycles. The molecule has 0 saturated heterocycles. The van der Waals surface area contributed by atoms with Crippen LogP contribution in [0.1, 0.15) is 0 Å². The summed E-state index contributed by atoms with van der Waals surface area (Å²) in [6, 6.07) is 0. The zero-order chi connectivity index (χ0) is 4.99. The molecule has 0 aliphatic carbocycles. The molecule has 0 atom stereocenters. The molecule has 0 rings (SSSR count). The van der Waals surface area contributed by atoms with Gasteiger partial charge in [-0.05, 0) is 0 Å². The highest BCUT2D eigenvalue weighted by Crippen LogP contribution is 1.56. The molecule has 0 bridgehead atoms. The molecule has 3 nitrogen and oxygen atoms in total. The Morgan fingerprint density at radius 1 is 2.00 bits per heavy atom. The van der Waals surface area contributed by atoms with Crippen molar-refractivity contribution < 1.29 is 0 Å². The molecule has 0 aromatic heterocycles. The standard InChI is InChI=1S/C3H9N3/c1-6(5)3-2-4/h2,4H,3,5H2,1H3. The van der Waals surface area contributed by atoms with Crippen LogP contribution in [0.5, 0.6) is 0 Å². The van der Waals surface area contributed by atoms with Crippen LogP contribution in [0.2, 0.25) is 0 Å². The highest BCUT2D eigenvalue weighted by Gasteiger charge is 1.77. The smallest absolute Gasteiger partial charge is 0.0472 e. The fourth-order valence-corrected chi connectivity index (χ4v) is 0.144. The monoisotopic (exact) mass is 87.1 g/mol. The number of hydrazine groups is 1. The maximum absolute atomic E-state index is 6.49. The van der Waals surface area contributed by atoms with Crippen LogP contribution in [0.4, 0.5) is 0 Å². The third-order valence-corrected chi connectivity index (χ3v) is 0.379. The van der Waals surface area contributed by atoms with Gasteiger partial charge >= 0.3 is 0 Å². The lowest BCUT2D eigenvalue weighted by Gasteiger charge is -2.00. The second kappa shape index (κ2) is 2.81. The number of hydrogen-bond donors (Lipinski definition) is 2. The van der Waals surface area contributed by atoms with Gasteiger partial charge in [-0.25, -0.2) is 5.01 Å². The van der Waals surface area contributed by atoms with Crippen LogP contribution in [0.25, 0.3) is 0 Å². The van der Waals surface area contributed by atoms with Gasteiger partial charge in [0.25, 0.3) is 0 Å². The predicted octanol–water partition coefficient (Wildman–Crippen LogP) is -0.559. The second-order valence-corrected chi connectivity index (χ2v) is 1.14. The minimum Gasteiger partial charge on any atom is -0.312 e. The summed E-state index contributed by atoms with van der Waals surface area (Å²) < 4.78 is 0. The summed E-state index contributed by atoms with van der Waals surface area (Å²) in [5, 5.41) is 7.92. The maximum Gasteiger partial charge on any atom is 0.0472 e. The molecule has 6 heavy (non-hydrogen) atoms. The molecule has 36 valence electrons. The first-order chi connectivity index (χ1) is 2.77. The number of nitrogens with two attached hydrogens (primary N) is 1. The summed E-state index contributed by atoms with van der Waals surface area (Å²) in [6.45, 7) is 0.528. The predicted molar refractivity (Wildman–Crippen MR) is 25.6 cm³/mol. The Bertz CT molecular complexity index is 41.3. The third-order valence-electron chi connectivity index (χ3n) is 0.379. The number of nitrogens with one attached hydrogen (secondary N) is 1. The Morgan fingerprint density at radius 3 is 2.50 bits per heavy atom. The lowest BCUT2D eigenvalue weighted by molar-refractivity contribution is 0.404. The third kappa shape index (κ3) is 3.59. The van der Waals surface area contributed by atoms with E-state index in [1.807, 2.05) is 0 Å². The molecule has 3 heteroatoms. The van der Waals surface area contributed by atoms with Crippen molar-refractivity contribution >= 4 is 6.21 Å². The van der Waals surface area contributed by atoms with Gasteiger partial charge in [-0.15, -0.1) is 0 Å². The molecule has 0 amide bonds. The average Bonchev–Trinajstić information content (AvgIpc) is 1.35. The summed E-state index contributed by atoms with van der Waals surface area (Å²) in [7, 11) is 1.71. The summed E-state index contributed by atoms with van der Waals surface area (Å²) in [5.74, 6) is 5.08. The van der Waals surface area contributed by atoms with E-state index in [0.29, 0.717) is 6.54 Å². The molecule has 0 fully saturated rings. The van der Waals surface area contributed by atoms with E-state index in [-0.39, 0.29) is 0 Å². The highest BCUT2D eigenvalue weighted by molar-refractivity contribution is 5.55. The van der Waals surface area contributed by atoms with Crippen molar-refractivity contribution in [1.29, 1.82) is 5.41 Å². The Hall–Kier alpha value is -0.410. The van der Waals surface area contributed by atoms with E-state index in [2.05, 4.69) is 0 Å². The molecule has 3 N–H and O–H groups in total. The van der Waals surface area contributed by atoms with Gasteiger partial charge < -0.3 is 5.41 Å². The molecule has 0 aliphatic rings. The van der Waals surface area contributed by atoms with E-state index < -0.39 is 0 Å².